The highest BCUT2D eigenvalue weighted by atomic mass is 16.5. The average molecular weight is 745 g/mol. The Kier molecular flexibility index (Phi) is 19.8. The summed E-state index contributed by atoms with van der Waals surface area (Å²) in [5, 5.41) is 14.3. The van der Waals surface area contributed by atoms with Crippen LogP contribution in [0.25, 0.3) is 0 Å². The lowest BCUT2D eigenvalue weighted by atomic mass is 9.85. The van der Waals surface area contributed by atoms with Gasteiger partial charge in [0.1, 0.15) is 24.2 Å². The second-order valence-corrected chi connectivity index (χ2v) is 16.5. The van der Waals surface area contributed by atoms with Gasteiger partial charge in [0.15, 0.2) is 0 Å². The molecule has 53 heavy (non-hydrogen) atoms. The van der Waals surface area contributed by atoms with Crippen LogP contribution in [0.2, 0.25) is 0 Å². The minimum absolute atomic E-state index is 0.0990. The van der Waals surface area contributed by atoms with E-state index in [-0.39, 0.29) is 48.8 Å². The molecule has 300 valence electrons. The molecular weight excluding hydrogens is 676 g/mol. The first-order valence-corrected chi connectivity index (χ1v) is 19.0. The third-order valence-corrected chi connectivity index (χ3v) is 9.16. The fourth-order valence-electron chi connectivity index (χ4n) is 5.85. The predicted molar refractivity (Wildman–Crippen MR) is 207 cm³/mol. The molecule has 13 nitrogen and oxygen atoms in total. The Morgan fingerprint density at radius 3 is 1.79 bits per heavy atom. The van der Waals surface area contributed by atoms with E-state index in [0.717, 1.165) is 5.56 Å². The van der Waals surface area contributed by atoms with Crippen molar-refractivity contribution in [3.05, 3.63) is 35.9 Å². The summed E-state index contributed by atoms with van der Waals surface area (Å²) in [6.07, 6.45) is 1.29. The van der Waals surface area contributed by atoms with Crippen LogP contribution in [0.1, 0.15) is 107 Å². The van der Waals surface area contributed by atoms with Crippen LogP contribution in [0, 0.1) is 29.1 Å². The van der Waals surface area contributed by atoms with Crippen LogP contribution in [0.5, 0.6) is 0 Å². The van der Waals surface area contributed by atoms with E-state index in [0.29, 0.717) is 12.8 Å². The highest BCUT2D eigenvalue weighted by molar-refractivity contribution is 5.93. The van der Waals surface area contributed by atoms with Crippen molar-refractivity contribution in [1.29, 1.82) is 0 Å². The van der Waals surface area contributed by atoms with Gasteiger partial charge in [-0.1, -0.05) is 113 Å². The molecule has 0 saturated heterocycles. The molecule has 0 aliphatic carbocycles. The van der Waals surface area contributed by atoms with Crippen LogP contribution in [0.3, 0.4) is 0 Å². The monoisotopic (exact) mass is 745 g/mol. The fourth-order valence-corrected chi connectivity index (χ4v) is 5.85. The molecule has 7 N–H and O–H groups in total. The number of hydrogen-bond acceptors (Lipinski definition) is 8. The van der Waals surface area contributed by atoms with Crippen molar-refractivity contribution in [2.24, 2.45) is 34.8 Å². The molecule has 0 bridgehead atoms. The lowest BCUT2D eigenvalue weighted by molar-refractivity contribution is -0.147. The zero-order chi connectivity index (χ0) is 40.6. The molecule has 1 aromatic carbocycles. The Hall–Kier alpha value is -4.00. The summed E-state index contributed by atoms with van der Waals surface area (Å²) in [5.74, 6) is -3.09. The van der Waals surface area contributed by atoms with Gasteiger partial charge in [0.25, 0.3) is 0 Å². The normalized spacial score (nSPS) is 15.7. The van der Waals surface area contributed by atoms with Gasteiger partial charge in [-0.05, 0) is 47.5 Å². The first-order chi connectivity index (χ1) is 24.6. The van der Waals surface area contributed by atoms with Crippen LogP contribution in [0.4, 0.5) is 0 Å². The fraction of sp³-hybridized carbons (Fsp3) is 0.700. The summed E-state index contributed by atoms with van der Waals surface area (Å²) in [5.41, 5.74) is 6.82. The Balaban J connectivity index is 3.32. The number of nitrogens with two attached hydrogens (primary N) is 1. The third-order valence-electron chi connectivity index (χ3n) is 9.16. The number of esters is 1. The zero-order valence-corrected chi connectivity index (χ0v) is 34.1. The molecule has 1 rings (SSSR count). The van der Waals surface area contributed by atoms with Gasteiger partial charge in [0.05, 0.1) is 7.11 Å². The summed E-state index contributed by atoms with van der Waals surface area (Å²) in [4.78, 5) is 79.7. The van der Waals surface area contributed by atoms with Gasteiger partial charge in [-0.15, -0.1) is 0 Å². The van der Waals surface area contributed by atoms with E-state index in [1.54, 1.807) is 13.8 Å². The first-order valence-electron chi connectivity index (χ1n) is 19.0. The molecule has 7 unspecified atom stereocenters. The molecule has 0 fully saturated rings. The Morgan fingerprint density at radius 2 is 1.30 bits per heavy atom. The van der Waals surface area contributed by atoms with Crippen molar-refractivity contribution >= 4 is 35.5 Å². The molecule has 0 radical (unpaired) electrons. The van der Waals surface area contributed by atoms with Crippen molar-refractivity contribution in [2.75, 3.05) is 7.11 Å². The Labute approximate surface area is 317 Å². The molecule has 5 amide bonds. The largest absolute Gasteiger partial charge is 0.467 e. The lowest BCUT2D eigenvalue weighted by Gasteiger charge is -2.34. The third kappa shape index (κ3) is 16.7. The van der Waals surface area contributed by atoms with Crippen molar-refractivity contribution in [3.8, 4) is 0 Å². The van der Waals surface area contributed by atoms with Crippen LogP contribution in [0.15, 0.2) is 30.3 Å². The lowest BCUT2D eigenvalue weighted by Crippen LogP contribution is -2.61. The number of amides is 5. The average Bonchev–Trinajstić information content (AvgIpc) is 3.05. The minimum atomic E-state index is -1.01. The molecule has 0 heterocycles. The van der Waals surface area contributed by atoms with Gasteiger partial charge in [-0.25, -0.2) is 4.79 Å². The Bertz CT molecular complexity index is 1340. The van der Waals surface area contributed by atoms with E-state index in [1.165, 1.54) is 7.11 Å². The van der Waals surface area contributed by atoms with Gasteiger partial charge in [0.2, 0.25) is 29.5 Å². The molecular formula is C40H68N6O7. The van der Waals surface area contributed by atoms with Crippen molar-refractivity contribution in [1.82, 2.24) is 26.6 Å². The zero-order valence-electron chi connectivity index (χ0n) is 34.1. The number of ether oxygens (including phenoxy) is 1. The molecule has 0 aromatic heterocycles. The van der Waals surface area contributed by atoms with E-state index in [1.807, 2.05) is 92.6 Å². The maximum Gasteiger partial charge on any atom is 0.328 e. The number of carbonyl (C=O) groups excluding carboxylic acids is 6. The maximum absolute atomic E-state index is 14.1. The van der Waals surface area contributed by atoms with E-state index >= 15 is 0 Å². The summed E-state index contributed by atoms with van der Waals surface area (Å²) >= 11 is 0. The topological polar surface area (TPSA) is 198 Å². The van der Waals surface area contributed by atoms with Crippen molar-refractivity contribution < 1.29 is 33.5 Å². The first kappa shape index (κ1) is 47.0. The number of hydrogen-bond donors (Lipinski definition) is 6. The second-order valence-electron chi connectivity index (χ2n) is 16.5. The van der Waals surface area contributed by atoms with Gasteiger partial charge >= 0.3 is 5.97 Å². The summed E-state index contributed by atoms with van der Waals surface area (Å²) in [7, 11) is 1.25. The summed E-state index contributed by atoms with van der Waals surface area (Å²) in [6.45, 7) is 20.5. The standard InChI is InChI=1S/C40H68N6O7/c1-13-26(8)34(37(50)45-33(25(6)7)39(52)53-12)44-32(48)22-28(41)29(21-27-17-15-14-16-18-27)43-38(51)35(40(9,10)11)46-36(49)30(19-23(2)3)42-31(47)20-24(4)5/h14-18,23-26,28-30,33-35H,13,19-22,41H2,1-12H3,(H,42,47)(H,43,51)(H,44,48)(H,45,50)(H,46,49). The minimum Gasteiger partial charge on any atom is -0.467 e. The predicted octanol–water partition coefficient (Wildman–Crippen LogP) is 3.38. The molecule has 1 aromatic rings. The van der Waals surface area contributed by atoms with E-state index in [4.69, 9.17) is 10.5 Å². The summed E-state index contributed by atoms with van der Waals surface area (Å²) < 4.78 is 4.86. The smallest absolute Gasteiger partial charge is 0.328 e. The van der Waals surface area contributed by atoms with Crippen LogP contribution >= 0.6 is 0 Å². The van der Waals surface area contributed by atoms with Crippen LogP contribution in [-0.4, -0.2) is 78.9 Å². The number of methoxy groups -OCH3 is 1. The number of benzene rings is 1. The second kappa shape index (κ2) is 22.3. The van der Waals surface area contributed by atoms with Gasteiger partial charge in [0, 0.05) is 24.9 Å². The highest BCUT2D eigenvalue weighted by Gasteiger charge is 2.38. The molecule has 13 heteroatoms. The number of carbonyl (C=O) groups is 6. The summed E-state index contributed by atoms with van der Waals surface area (Å²) in [6, 6.07) is 4.06. The van der Waals surface area contributed by atoms with Crippen LogP contribution in [-0.2, 0) is 39.9 Å². The van der Waals surface area contributed by atoms with Gasteiger partial charge < -0.3 is 37.1 Å². The molecule has 0 aliphatic rings. The SMILES string of the molecule is CCC(C)C(NC(=O)CC(N)C(Cc1ccccc1)NC(=O)C(NC(=O)C(CC(C)C)NC(=O)CC(C)C)C(C)(C)C)C(=O)NC(C(=O)OC)C(C)C. The van der Waals surface area contributed by atoms with E-state index < -0.39 is 71.3 Å². The molecule has 0 saturated carbocycles. The van der Waals surface area contributed by atoms with Crippen LogP contribution < -0.4 is 32.3 Å². The Morgan fingerprint density at radius 1 is 0.717 bits per heavy atom. The number of nitrogens with one attached hydrogen (secondary N) is 5. The molecule has 0 aliphatic heterocycles. The quantitative estimate of drug-likeness (QED) is 0.103. The van der Waals surface area contributed by atoms with Gasteiger partial charge in [-0.2, -0.15) is 0 Å². The maximum atomic E-state index is 14.1. The van der Waals surface area contributed by atoms with Crippen molar-refractivity contribution in [2.45, 2.75) is 145 Å². The highest BCUT2D eigenvalue weighted by Crippen LogP contribution is 2.21. The number of rotatable bonds is 21. The van der Waals surface area contributed by atoms with Crippen molar-refractivity contribution in [3.63, 3.8) is 0 Å². The molecule has 0 spiro atoms. The van der Waals surface area contributed by atoms with E-state index in [2.05, 4.69) is 26.6 Å². The van der Waals surface area contributed by atoms with E-state index in [9.17, 15) is 28.8 Å². The molecule has 7 atom stereocenters. The van der Waals surface area contributed by atoms with Gasteiger partial charge in [-0.3, -0.25) is 24.0 Å².